The first-order valence-electron chi connectivity index (χ1n) is 3.43. The topological polar surface area (TPSA) is 0 Å². The van der Waals surface area contributed by atoms with Crippen LogP contribution in [0, 0.1) is 0 Å². The van der Waals surface area contributed by atoms with Gasteiger partial charge in [0.2, 0.25) is 0 Å². The van der Waals surface area contributed by atoms with E-state index in [1.165, 1.54) is 23.0 Å². The molecule has 2 aliphatic rings. The summed E-state index contributed by atoms with van der Waals surface area (Å²) >= 11 is 4.21. The third kappa shape index (κ3) is 3.20. The molecule has 2 fully saturated rings. The maximum absolute atomic E-state index is 2.10. The van der Waals surface area contributed by atoms with E-state index in [0.717, 1.165) is 10.5 Å². The zero-order valence-electron chi connectivity index (χ0n) is 5.62. The third-order valence-corrected chi connectivity index (χ3v) is 6.32. The Hall–Kier alpha value is 1.40. The van der Waals surface area contributed by atoms with Crippen LogP contribution in [0.3, 0.4) is 0 Å². The Balaban J connectivity index is 1.40. The summed E-state index contributed by atoms with van der Waals surface area (Å²) in [6.07, 6.45) is 0. The van der Waals surface area contributed by atoms with Crippen molar-refractivity contribution in [1.82, 2.24) is 0 Å². The number of hydrogen-bond acceptors (Lipinski definition) is 4. The summed E-state index contributed by atoms with van der Waals surface area (Å²) in [5.41, 5.74) is 0. The van der Waals surface area contributed by atoms with Crippen LogP contribution in [0.15, 0.2) is 0 Å². The lowest BCUT2D eigenvalue weighted by molar-refractivity contribution is 1.27. The molecule has 0 aromatic heterocycles. The summed E-state index contributed by atoms with van der Waals surface area (Å²) < 4.78 is 0. The Labute approximate surface area is 78.4 Å². The highest BCUT2D eigenvalue weighted by Crippen LogP contribution is 2.40. The van der Waals surface area contributed by atoms with Gasteiger partial charge in [-0.05, 0) is 0 Å². The molecule has 0 aromatic carbocycles. The maximum Gasteiger partial charge on any atom is 0.0237 e. The summed E-state index contributed by atoms with van der Waals surface area (Å²) in [6, 6.07) is 0. The fourth-order valence-electron chi connectivity index (χ4n) is 0.577. The Kier molecular flexibility index (Phi) is 3.11. The minimum absolute atomic E-state index is 1.02. The smallest absolute Gasteiger partial charge is 0.0237 e. The Bertz CT molecular complexity index is 94.3. The summed E-state index contributed by atoms with van der Waals surface area (Å²) in [5, 5.41) is 2.04. The minimum Gasteiger partial charge on any atom is -0.156 e. The lowest BCUT2D eigenvalue weighted by atomic mass is 10.6. The minimum atomic E-state index is 1.02. The first kappa shape index (κ1) is 8.02. The van der Waals surface area contributed by atoms with E-state index in [9.17, 15) is 0 Å². The zero-order chi connectivity index (χ0) is 6.81. The molecule has 0 aromatic rings. The molecular weight excluding hydrogens is 200 g/mol. The number of hydrogen-bond donors (Lipinski definition) is 0. The highest BCUT2D eigenvalue weighted by Gasteiger charge is 2.24. The van der Waals surface area contributed by atoms with Gasteiger partial charge < -0.3 is 0 Å². The molecule has 2 atom stereocenters. The van der Waals surface area contributed by atoms with Crippen LogP contribution in [0.25, 0.3) is 0 Å². The van der Waals surface area contributed by atoms with Crippen molar-refractivity contribution in [2.24, 2.45) is 0 Å². The molecule has 0 bridgehead atoms. The van der Waals surface area contributed by atoms with E-state index in [-0.39, 0.29) is 0 Å². The van der Waals surface area contributed by atoms with Gasteiger partial charge in [-0.2, -0.15) is 23.5 Å². The van der Waals surface area contributed by atoms with Crippen molar-refractivity contribution in [3.8, 4) is 0 Å². The van der Waals surface area contributed by atoms with Gasteiger partial charge in [0, 0.05) is 33.5 Å². The van der Waals surface area contributed by atoms with Crippen LogP contribution < -0.4 is 0 Å². The number of thioether (sulfide) groups is 2. The van der Waals surface area contributed by atoms with Crippen LogP contribution in [-0.4, -0.2) is 33.5 Å². The molecule has 58 valence electrons. The van der Waals surface area contributed by atoms with Gasteiger partial charge in [-0.25, -0.2) is 0 Å². The molecular formula is C6H10S4. The fourth-order valence-corrected chi connectivity index (χ4v) is 5.37. The molecule has 2 aliphatic heterocycles. The van der Waals surface area contributed by atoms with Gasteiger partial charge in [0.1, 0.15) is 0 Å². The predicted octanol–water partition coefficient (Wildman–Crippen LogP) is 2.60. The maximum atomic E-state index is 2.10. The lowest BCUT2D eigenvalue weighted by Gasteiger charge is -1.94. The van der Waals surface area contributed by atoms with Gasteiger partial charge in [-0.3, -0.25) is 0 Å². The highest BCUT2D eigenvalue weighted by atomic mass is 33.1. The van der Waals surface area contributed by atoms with Gasteiger partial charge in [-0.15, -0.1) is 0 Å². The van der Waals surface area contributed by atoms with E-state index in [2.05, 4.69) is 45.1 Å². The summed E-state index contributed by atoms with van der Waals surface area (Å²) in [4.78, 5) is 0. The lowest BCUT2D eigenvalue weighted by Crippen LogP contribution is -1.87. The van der Waals surface area contributed by atoms with E-state index in [0.29, 0.717) is 0 Å². The van der Waals surface area contributed by atoms with Gasteiger partial charge in [0.05, 0.1) is 0 Å². The Morgan fingerprint density at radius 1 is 1.00 bits per heavy atom. The van der Waals surface area contributed by atoms with E-state index >= 15 is 0 Å². The monoisotopic (exact) mass is 210 g/mol. The molecule has 0 saturated carbocycles. The van der Waals surface area contributed by atoms with Gasteiger partial charge in [-0.1, -0.05) is 21.6 Å². The van der Waals surface area contributed by atoms with Gasteiger partial charge >= 0.3 is 0 Å². The molecule has 2 unspecified atom stereocenters. The molecule has 0 aliphatic carbocycles. The summed E-state index contributed by atoms with van der Waals surface area (Å²) in [7, 11) is 4.15. The molecule has 10 heavy (non-hydrogen) atoms. The van der Waals surface area contributed by atoms with E-state index in [4.69, 9.17) is 0 Å². The van der Waals surface area contributed by atoms with Crippen LogP contribution >= 0.6 is 45.1 Å². The molecule has 2 heterocycles. The standard InChI is InChI=1S/C6H10S4/c1-5(7-1)3-9-10-4-6-2-8-6/h5-6H,1-4H2. The molecule has 0 spiro atoms. The van der Waals surface area contributed by atoms with Crippen molar-refractivity contribution < 1.29 is 0 Å². The molecule has 0 amide bonds. The van der Waals surface area contributed by atoms with E-state index in [1.807, 2.05) is 0 Å². The van der Waals surface area contributed by atoms with Crippen molar-refractivity contribution in [2.75, 3.05) is 23.0 Å². The molecule has 2 saturated heterocycles. The third-order valence-electron chi connectivity index (χ3n) is 1.40. The van der Waals surface area contributed by atoms with Crippen LogP contribution in [0.2, 0.25) is 0 Å². The zero-order valence-corrected chi connectivity index (χ0v) is 8.88. The second kappa shape index (κ2) is 3.87. The fraction of sp³-hybridized carbons (Fsp3) is 1.00. The van der Waals surface area contributed by atoms with Crippen molar-refractivity contribution in [1.29, 1.82) is 0 Å². The summed E-state index contributed by atoms with van der Waals surface area (Å²) in [5.74, 6) is 5.61. The van der Waals surface area contributed by atoms with Gasteiger partial charge in [0.25, 0.3) is 0 Å². The average molecular weight is 210 g/mol. The van der Waals surface area contributed by atoms with Crippen LogP contribution in [0.1, 0.15) is 0 Å². The van der Waals surface area contributed by atoms with Crippen molar-refractivity contribution in [3.63, 3.8) is 0 Å². The Morgan fingerprint density at radius 3 is 1.70 bits per heavy atom. The van der Waals surface area contributed by atoms with Crippen molar-refractivity contribution >= 4 is 45.1 Å². The van der Waals surface area contributed by atoms with Crippen LogP contribution in [0.4, 0.5) is 0 Å². The van der Waals surface area contributed by atoms with Crippen LogP contribution in [0.5, 0.6) is 0 Å². The first-order chi connectivity index (χ1) is 4.95. The normalized spacial score (nSPS) is 36.0. The largest absolute Gasteiger partial charge is 0.156 e. The SMILES string of the molecule is C(SSCC1CS1)C1CS1. The van der Waals surface area contributed by atoms with E-state index in [1.54, 1.807) is 0 Å². The predicted molar refractivity (Wildman–Crippen MR) is 57.4 cm³/mol. The van der Waals surface area contributed by atoms with Crippen LogP contribution in [-0.2, 0) is 0 Å². The summed E-state index contributed by atoms with van der Waals surface area (Å²) in [6.45, 7) is 0. The van der Waals surface area contributed by atoms with Gasteiger partial charge in [0.15, 0.2) is 0 Å². The average Bonchev–Trinajstić information content (AvgIpc) is 2.77. The second-order valence-corrected chi connectivity index (χ2v) is 7.70. The second-order valence-electron chi connectivity index (χ2n) is 2.48. The van der Waals surface area contributed by atoms with E-state index < -0.39 is 0 Å². The quantitative estimate of drug-likeness (QED) is 0.388. The van der Waals surface area contributed by atoms with Crippen molar-refractivity contribution in [3.05, 3.63) is 0 Å². The molecule has 4 heteroatoms. The molecule has 0 nitrogen and oxygen atoms in total. The Morgan fingerprint density at radius 2 is 1.40 bits per heavy atom. The number of rotatable bonds is 5. The highest BCUT2D eigenvalue weighted by molar-refractivity contribution is 8.76. The first-order valence-corrected chi connectivity index (χ1v) is 8.01. The van der Waals surface area contributed by atoms with Crippen molar-refractivity contribution in [2.45, 2.75) is 10.5 Å². The molecule has 0 radical (unpaired) electrons. The molecule has 2 rings (SSSR count). The molecule has 0 N–H and O–H groups in total.